The molecule has 0 spiro atoms. The molecule has 1 atom stereocenters. The molecule has 2 aromatic rings. The van der Waals surface area contributed by atoms with E-state index in [0.717, 1.165) is 61.9 Å². The van der Waals surface area contributed by atoms with Crippen LogP contribution in [0, 0.1) is 0 Å². The Morgan fingerprint density at radius 2 is 2.25 bits per heavy atom. The molecule has 6 heteroatoms. The van der Waals surface area contributed by atoms with Crippen LogP contribution in [0.1, 0.15) is 18.6 Å². The Balaban J connectivity index is 1.35. The van der Waals surface area contributed by atoms with Gasteiger partial charge >= 0.3 is 0 Å². The monoisotopic (exact) mass is 331 g/mol. The molecular formula is C18H25N3O3. The van der Waals surface area contributed by atoms with Gasteiger partial charge in [-0.25, -0.2) is 0 Å². The van der Waals surface area contributed by atoms with Gasteiger partial charge in [-0.1, -0.05) is 18.2 Å². The molecule has 2 N–H and O–H groups in total. The summed E-state index contributed by atoms with van der Waals surface area (Å²) < 4.78 is 16.8. The summed E-state index contributed by atoms with van der Waals surface area (Å²) in [5, 5.41) is 7.66. The van der Waals surface area contributed by atoms with Crippen molar-refractivity contribution in [2.24, 2.45) is 4.99 Å². The van der Waals surface area contributed by atoms with Crippen LogP contribution in [-0.2, 0) is 16.0 Å². The molecule has 0 radical (unpaired) electrons. The summed E-state index contributed by atoms with van der Waals surface area (Å²) in [6.07, 6.45) is 2.21. The number of rotatable bonds is 7. The van der Waals surface area contributed by atoms with E-state index in [2.05, 4.69) is 15.6 Å². The molecule has 1 fully saturated rings. The van der Waals surface area contributed by atoms with Gasteiger partial charge in [-0.2, -0.15) is 0 Å². The number of furan rings is 1. The number of nitrogens with zero attached hydrogens (tertiary/aromatic N) is 1. The quantitative estimate of drug-likeness (QED) is 0.463. The number of nitrogens with one attached hydrogen (secondary N) is 2. The predicted octanol–water partition coefficient (Wildman–Crippen LogP) is 2.29. The maximum absolute atomic E-state index is 5.79. The van der Waals surface area contributed by atoms with Crippen LogP contribution in [0.5, 0.6) is 0 Å². The lowest BCUT2D eigenvalue weighted by molar-refractivity contribution is 0.0420. The average molecular weight is 331 g/mol. The van der Waals surface area contributed by atoms with E-state index in [1.165, 1.54) is 0 Å². The summed E-state index contributed by atoms with van der Waals surface area (Å²) in [6, 6.07) is 10.1. The topological polar surface area (TPSA) is 68.0 Å². The fourth-order valence-electron chi connectivity index (χ4n) is 2.69. The predicted molar refractivity (Wildman–Crippen MR) is 94.2 cm³/mol. The van der Waals surface area contributed by atoms with Gasteiger partial charge in [0.25, 0.3) is 0 Å². The number of hydrogen-bond acceptors (Lipinski definition) is 4. The van der Waals surface area contributed by atoms with Crippen LogP contribution in [0.3, 0.4) is 0 Å². The van der Waals surface area contributed by atoms with E-state index >= 15 is 0 Å². The molecule has 3 rings (SSSR count). The van der Waals surface area contributed by atoms with Gasteiger partial charge in [-0.3, -0.25) is 4.99 Å². The zero-order valence-corrected chi connectivity index (χ0v) is 14.1. The number of fused-ring (bicyclic) bond motifs is 1. The Morgan fingerprint density at radius 1 is 1.33 bits per heavy atom. The Kier molecular flexibility index (Phi) is 6.09. The van der Waals surface area contributed by atoms with Crippen LogP contribution in [0.25, 0.3) is 11.0 Å². The maximum atomic E-state index is 5.79. The third-order valence-corrected chi connectivity index (χ3v) is 3.99. The van der Waals surface area contributed by atoms with Gasteiger partial charge in [0.2, 0.25) is 0 Å². The summed E-state index contributed by atoms with van der Waals surface area (Å²) in [7, 11) is 1.76. The lowest BCUT2D eigenvalue weighted by Crippen LogP contribution is -2.37. The maximum Gasteiger partial charge on any atom is 0.191 e. The molecule has 1 aromatic heterocycles. The minimum atomic E-state index is 0.274. The molecule has 0 saturated carbocycles. The van der Waals surface area contributed by atoms with E-state index < -0.39 is 0 Å². The number of benzene rings is 1. The Morgan fingerprint density at radius 3 is 3.04 bits per heavy atom. The Hall–Kier alpha value is -2.05. The summed E-state index contributed by atoms with van der Waals surface area (Å²) in [4.78, 5) is 4.22. The first-order chi connectivity index (χ1) is 11.8. The van der Waals surface area contributed by atoms with Gasteiger partial charge in [-0.15, -0.1) is 0 Å². The number of hydrogen-bond donors (Lipinski definition) is 2. The summed E-state index contributed by atoms with van der Waals surface area (Å²) in [6.45, 7) is 3.70. The molecule has 1 aliphatic rings. The second kappa shape index (κ2) is 8.70. The van der Waals surface area contributed by atoms with Crippen molar-refractivity contribution in [1.29, 1.82) is 0 Å². The fraction of sp³-hybridized carbons (Fsp3) is 0.500. The van der Waals surface area contributed by atoms with Crippen molar-refractivity contribution in [2.45, 2.75) is 25.5 Å². The van der Waals surface area contributed by atoms with Gasteiger partial charge in [0.15, 0.2) is 5.96 Å². The van der Waals surface area contributed by atoms with Gasteiger partial charge in [-0.05, 0) is 25.0 Å². The molecule has 1 unspecified atom stereocenters. The van der Waals surface area contributed by atoms with E-state index in [1.54, 1.807) is 7.05 Å². The first kappa shape index (κ1) is 16.8. The minimum Gasteiger partial charge on any atom is -0.459 e. The Bertz CT molecular complexity index is 629. The van der Waals surface area contributed by atoms with Crippen LogP contribution in [0.2, 0.25) is 0 Å². The van der Waals surface area contributed by atoms with Crippen molar-refractivity contribution in [1.82, 2.24) is 10.6 Å². The van der Waals surface area contributed by atoms with Crippen molar-refractivity contribution >= 4 is 16.9 Å². The lowest BCUT2D eigenvalue weighted by Gasteiger charge is -2.12. The number of aliphatic imine (C=N–C) groups is 1. The molecular weight excluding hydrogens is 306 g/mol. The van der Waals surface area contributed by atoms with Crippen LogP contribution in [0.15, 0.2) is 39.7 Å². The summed E-state index contributed by atoms with van der Waals surface area (Å²) in [5.74, 6) is 1.66. The first-order valence-electron chi connectivity index (χ1n) is 8.46. The SMILES string of the molecule is CN=C(NCCCOC1CCOC1)NCc1cc2ccccc2o1. The molecule has 130 valence electrons. The van der Waals surface area contributed by atoms with Crippen molar-refractivity contribution in [2.75, 3.05) is 33.4 Å². The fourth-order valence-corrected chi connectivity index (χ4v) is 2.69. The largest absolute Gasteiger partial charge is 0.459 e. The molecule has 0 amide bonds. The van der Waals surface area contributed by atoms with E-state index in [4.69, 9.17) is 13.9 Å². The molecule has 0 aliphatic carbocycles. The standard InChI is InChI=1S/C18H25N3O3/c1-19-18(20-8-4-9-23-15-7-10-22-13-15)21-12-16-11-14-5-2-3-6-17(14)24-16/h2-3,5-6,11,15H,4,7-10,12-13H2,1H3,(H2,19,20,21). The average Bonchev–Trinajstić information content (AvgIpc) is 3.26. The lowest BCUT2D eigenvalue weighted by atomic mass is 10.2. The second-order valence-corrected chi connectivity index (χ2v) is 5.81. The highest BCUT2D eigenvalue weighted by atomic mass is 16.5. The van der Waals surface area contributed by atoms with E-state index in [1.807, 2.05) is 30.3 Å². The molecule has 1 aliphatic heterocycles. The third kappa shape index (κ3) is 4.72. The van der Waals surface area contributed by atoms with Crippen molar-refractivity contribution in [3.63, 3.8) is 0 Å². The van der Waals surface area contributed by atoms with Crippen LogP contribution in [0.4, 0.5) is 0 Å². The second-order valence-electron chi connectivity index (χ2n) is 5.81. The van der Waals surface area contributed by atoms with Crippen LogP contribution in [-0.4, -0.2) is 45.5 Å². The van der Waals surface area contributed by atoms with E-state index in [0.29, 0.717) is 6.54 Å². The van der Waals surface area contributed by atoms with Crippen LogP contribution >= 0.6 is 0 Å². The summed E-state index contributed by atoms with van der Waals surface area (Å²) in [5.41, 5.74) is 0.908. The highest BCUT2D eigenvalue weighted by Gasteiger charge is 2.15. The zero-order chi connectivity index (χ0) is 16.6. The van der Waals surface area contributed by atoms with Crippen molar-refractivity contribution < 1.29 is 13.9 Å². The van der Waals surface area contributed by atoms with Gasteiger partial charge in [0.05, 0.1) is 19.3 Å². The third-order valence-electron chi connectivity index (χ3n) is 3.99. The van der Waals surface area contributed by atoms with E-state index in [-0.39, 0.29) is 6.10 Å². The van der Waals surface area contributed by atoms with Gasteiger partial charge in [0.1, 0.15) is 11.3 Å². The normalized spacial score (nSPS) is 18.2. The van der Waals surface area contributed by atoms with E-state index in [9.17, 15) is 0 Å². The minimum absolute atomic E-state index is 0.274. The Labute approximate surface area is 142 Å². The molecule has 0 bridgehead atoms. The van der Waals surface area contributed by atoms with Gasteiger partial charge < -0.3 is 24.5 Å². The number of guanidine groups is 1. The smallest absolute Gasteiger partial charge is 0.191 e. The molecule has 1 aromatic carbocycles. The zero-order valence-electron chi connectivity index (χ0n) is 14.1. The number of ether oxygens (including phenoxy) is 2. The van der Waals surface area contributed by atoms with Crippen molar-refractivity contribution in [3.05, 3.63) is 36.1 Å². The van der Waals surface area contributed by atoms with Gasteiger partial charge in [0, 0.05) is 32.2 Å². The molecule has 2 heterocycles. The first-order valence-corrected chi connectivity index (χ1v) is 8.46. The van der Waals surface area contributed by atoms with Crippen LogP contribution < -0.4 is 10.6 Å². The highest BCUT2D eigenvalue weighted by molar-refractivity contribution is 5.80. The van der Waals surface area contributed by atoms with Crippen molar-refractivity contribution in [3.8, 4) is 0 Å². The molecule has 24 heavy (non-hydrogen) atoms. The summed E-state index contributed by atoms with van der Waals surface area (Å²) >= 11 is 0. The number of para-hydroxylation sites is 1. The molecule has 1 saturated heterocycles. The molecule has 6 nitrogen and oxygen atoms in total. The highest BCUT2D eigenvalue weighted by Crippen LogP contribution is 2.18.